The van der Waals surface area contributed by atoms with Crippen LogP contribution in [-0.2, 0) is 20.0 Å². The third-order valence-corrected chi connectivity index (χ3v) is 5.57. The Balaban J connectivity index is 1.55. The number of benzene rings is 2. The summed E-state index contributed by atoms with van der Waals surface area (Å²) in [4.78, 5) is 7.12. The van der Waals surface area contributed by atoms with Gasteiger partial charge in [0.1, 0.15) is 17.4 Å². The number of methoxy groups -OCH3 is 1. The molecule has 4 aromatic rings. The monoisotopic (exact) mass is 361 g/mol. The van der Waals surface area contributed by atoms with Gasteiger partial charge in [0.05, 0.1) is 12.6 Å². The number of hydrogen-bond acceptors (Lipinski definition) is 3. The Morgan fingerprint density at radius 3 is 2.81 bits per heavy atom. The lowest BCUT2D eigenvalue weighted by Crippen LogP contribution is -2.31. The lowest BCUT2D eigenvalue weighted by atomic mass is 10.0. The Morgan fingerprint density at radius 1 is 1.07 bits per heavy atom. The highest BCUT2D eigenvalue weighted by Crippen LogP contribution is 2.33. The quantitative estimate of drug-likeness (QED) is 0.529. The number of anilines is 1. The number of aryl methyl sites for hydroxylation is 1. The molecule has 0 unspecified atom stereocenters. The van der Waals surface area contributed by atoms with Gasteiger partial charge in [-0.1, -0.05) is 0 Å². The van der Waals surface area contributed by atoms with Crippen LogP contribution in [0.3, 0.4) is 0 Å². The molecular formula is C22H20FN3O. The summed E-state index contributed by atoms with van der Waals surface area (Å²) in [5.41, 5.74) is 4.53. The average Bonchev–Trinajstić information content (AvgIpc) is 2.98. The molecule has 5 rings (SSSR count). The van der Waals surface area contributed by atoms with Crippen molar-refractivity contribution in [1.29, 1.82) is 0 Å². The fraction of sp³-hybridized carbons (Fsp3) is 0.227. The van der Waals surface area contributed by atoms with Crippen molar-refractivity contribution in [2.24, 2.45) is 7.05 Å². The second kappa shape index (κ2) is 5.98. The molecule has 0 N–H and O–H groups in total. The van der Waals surface area contributed by atoms with Crippen molar-refractivity contribution < 1.29 is 9.13 Å². The van der Waals surface area contributed by atoms with Crippen LogP contribution in [0.2, 0.25) is 0 Å². The second-order valence-electron chi connectivity index (χ2n) is 7.05. The van der Waals surface area contributed by atoms with Gasteiger partial charge >= 0.3 is 0 Å². The molecule has 4 nitrogen and oxygen atoms in total. The summed E-state index contributed by atoms with van der Waals surface area (Å²) >= 11 is 0. The molecule has 5 heteroatoms. The van der Waals surface area contributed by atoms with Gasteiger partial charge in [-0.3, -0.25) is 0 Å². The topological polar surface area (TPSA) is 30.3 Å². The van der Waals surface area contributed by atoms with Gasteiger partial charge in [0, 0.05) is 54.1 Å². The largest absolute Gasteiger partial charge is 0.497 e. The van der Waals surface area contributed by atoms with E-state index in [2.05, 4.69) is 28.6 Å². The fourth-order valence-electron chi connectivity index (χ4n) is 4.14. The summed E-state index contributed by atoms with van der Waals surface area (Å²) in [5, 5.41) is 2.06. The van der Waals surface area contributed by atoms with E-state index >= 15 is 0 Å². The van der Waals surface area contributed by atoms with E-state index < -0.39 is 0 Å². The number of nitrogens with zero attached hydrogens (tertiary/aromatic N) is 3. The highest BCUT2D eigenvalue weighted by Gasteiger charge is 2.24. The van der Waals surface area contributed by atoms with E-state index in [9.17, 15) is 4.39 Å². The number of fused-ring (bicyclic) bond motifs is 4. The van der Waals surface area contributed by atoms with Crippen LogP contribution in [0, 0.1) is 5.82 Å². The first kappa shape index (κ1) is 16.1. The zero-order chi connectivity index (χ0) is 18.5. The Kier molecular flexibility index (Phi) is 3.57. The minimum Gasteiger partial charge on any atom is -0.497 e. The third kappa shape index (κ3) is 2.53. The molecular weight excluding hydrogens is 341 g/mol. The number of aromatic nitrogens is 2. The standard InChI is InChI=1S/C22H20FN3O/c1-25-20-7-4-15(23)12-17(20)18-13-26(10-9-21(18)25)22-8-3-14-11-16(27-2)5-6-19(14)24-22/h3-8,11-12H,9-10,13H2,1-2H3. The van der Waals surface area contributed by atoms with Crippen LogP contribution in [0.5, 0.6) is 5.75 Å². The van der Waals surface area contributed by atoms with Crippen LogP contribution in [-0.4, -0.2) is 23.2 Å². The molecule has 136 valence electrons. The predicted molar refractivity (Wildman–Crippen MR) is 106 cm³/mol. The maximum absolute atomic E-state index is 13.8. The predicted octanol–water partition coefficient (Wildman–Crippen LogP) is 4.44. The van der Waals surface area contributed by atoms with Gasteiger partial charge in [-0.25, -0.2) is 9.37 Å². The molecule has 2 aromatic carbocycles. The Morgan fingerprint density at radius 2 is 1.96 bits per heavy atom. The average molecular weight is 361 g/mol. The molecule has 0 aliphatic carbocycles. The van der Waals surface area contributed by atoms with Crippen LogP contribution < -0.4 is 9.64 Å². The van der Waals surface area contributed by atoms with E-state index in [0.717, 1.165) is 52.9 Å². The molecule has 0 saturated carbocycles. The Labute approximate surface area is 156 Å². The highest BCUT2D eigenvalue weighted by atomic mass is 19.1. The first-order valence-electron chi connectivity index (χ1n) is 9.09. The molecule has 0 bridgehead atoms. The van der Waals surface area contributed by atoms with Gasteiger partial charge in [0.15, 0.2) is 0 Å². The van der Waals surface area contributed by atoms with Gasteiger partial charge < -0.3 is 14.2 Å². The van der Waals surface area contributed by atoms with Crippen molar-refractivity contribution in [2.75, 3.05) is 18.6 Å². The van der Waals surface area contributed by atoms with Gasteiger partial charge in [-0.2, -0.15) is 0 Å². The zero-order valence-corrected chi connectivity index (χ0v) is 15.4. The van der Waals surface area contributed by atoms with Gasteiger partial charge in [0.25, 0.3) is 0 Å². The van der Waals surface area contributed by atoms with Crippen molar-refractivity contribution >= 4 is 27.6 Å². The van der Waals surface area contributed by atoms with E-state index in [1.165, 1.54) is 17.3 Å². The molecule has 0 amide bonds. The van der Waals surface area contributed by atoms with Gasteiger partial charge in [-0.15, -0.1) is 0 Å². The molecule has 2 aromatic heterocycles. The maximum atomic E-state index is 13.8. The number of ether oxygens (including phenoxy) is 1. The van der Waals surface area contributed by atoms with Crippen molar-refractivity contribution in [2.45, 2.75) is 13.0 Å². The maximum Gasteiger partial charge on any atom is 0.129 e. The van der Waals surface area contributed by atoms with E-state index in [1.54, 1.807) is 13.2 Å². The summed E-state index contributed by atoms with van der Waals surface area (Å²) in [7, 11) is 3.73. The van der Waals surface area contributed by atoms with E-state index in [1.807, 2.05) is 24.3 Å². The van der Waals surface area contributed by atoms with E-state index in [0.29, 0.717) is 0 Å². The first-order chi connectivity index (χ1) is 13.1. The van der Waals surface area contributed by atoms with Crippen LogP contribution in [0.1, 0.15) is 11.3 Å². The third-order valence-electron chi connectivity index (χ3n) is 5.57. The van der Waals surface area contributed by atoms with Crippen LogP contribution in [0.15, 0.2) is 48.5 Å². The minimum absolute atomic E-state index is 0.189. The summed E-state index contributed by atoms with van der Waals surface area (Å²) in [6.07, 6.45) is 0.921. The highest BCUT2D eigenvalue weighted by molar-refractivity contribution is 5.87. The fourth-order valence-corrected chi connectivity index (χ4v) is 4.14. The van der Waals surface area contributed by atoms with E-state index in [4.69, 9.17) is 9.72 Å². The van der Waals surface area contributed by atoms with Crippen LogP contribution in [0.25, 0.3) is 21.8 Å². The molecule has 0 spiro atoms. The lowest BCUT2D eigenvalue weighted by molar-refractivity contribution is 0.415. The molecule has 0 fully saturated rings. The number of pyridine rings is 1. The van der Waals surface area contributed by atoms with Crippen molar-refractivity contribution in [1.82, 2.24) is 9.55 Å². The molecule has 0 saturated heterocycles. The summed E-state index contributed by atoms with van der Waals surface area (Å²) in [6, 6.07) is 15.1. The normalized spacial score (nSPS) is 14.0. The summed E-state index contributed by atoms with van der Waals surface area (Å²) < 4.78 is 21.3. The van der Waals surface area contributed by atoms with Crippen molar-refractivity contribution in [3.05, 3.63) is 65.6 Å². The number of halogens is 1. The molecule has 27 heavy (non-hydrogen) atoms. The second-order valence-corrected chi connectivity index (χ2v) is 7.05. The van der Waals surface area contributed by atoms with Crippen molar-refractivity contribution in [3.8, 4) is 5.75 Å². The lowest BCUT2D eigenvalue weighted by Gasteiger charge is -2.29. The molecule has 3 heterocycles. The zero-order valence-electron chi connectivity index (χ0n) is 15.4. The SMILES string of the molecule is COc1ccc2nc(N3CCc4c(c5cc(F)ccc5n4C)C3)ccc2c1. The smallest absolute Gasteiger partial charge is 0.129 e. The Bertz CT molecular complexity index is 1180. The molecule has 1 aliphatic heterocycles. The molecule has 0 atom stereocenters. The summed E-state index contributed by atoms with van der Waals surface area (Å²) in [6.45, 7) is 1.64. The molecule has 1 aliphatic rings. The van der Waals surface area contributed by atoms with Gasteiger partial charge in [-0.05, 0) is 48.5 Å². The Hall–Kier alpha value is -3.08. The first-order valence-corrected chi connectivity index (χ1v) is 9.09. The number of rotatable bonds is 2. The van der Waals surface area contributed by atoms with Crippen LogP contribution in [0.4, 0.5) is 10.2 Å². The summed E-state index contributed by atoms with van der Waals surface area (Å²) in [5.74, 6) is 1.59. The van der Waals surface area contributed by atoms with Gasteiger partial charge in [0.2, 0.25) is 0 Å². The van der Waals surface area contributed by atoms with E-state index in [-0.39, 0.29) is 5.82 Å². The number of hydrogen-bond donors (Lipinski definition) is 0. The van der Waals surface area contributed by atoms with Crippen molar-refractivity contribution in [3.63, 3.8) is 0 Å². The van der Waals surface area contributed by atoms with Crippen LogP contribution >= 0.6 is 0 Å². The minimum atomic E-state index is -0.189. The molecule has 0 radical (unpaired) electrons.